The van der Waals surface area contributed by atoms with Crippen LogP contribution in [0.5, 0.6) is 0 Å². The molecule has 2 aliphatic heterocycles. The Balaban J connectivity index is 1.43. The maximum Gasteiger partial charge on any atom is 0.347 e. The molecule has 2 aliphatic rings. The average molecular weight is 358 g/mol. The predicted molar refractivity (Wildman–Crippen MR) is 91.4 cm³/mol. The minimum Gasteiger partial charge on any atom is -0.370 e. The summed E-state index contributed by atoms with van der Waals surface area (Å²) in [4.78, 5) is 30.5. The molecule has 26 heavy (non-hydrogen) atoms. The molecule has 0 bridgehead atoms. The Morgan fingerprint density at radius 1 is 1.38 bits per heavy atom. The van der Waals surface area contributed by atoms with E-state index in [1.807, 2.05) is 22.6 Å². The summed E-state index contributed by atoms with van der Waals surface area (Å²) in [5.41, 5.74) is 2.15. The second-order valence-electron chi connectivity index (χ2n) is 6.94. The summed E-state index contributed by atoms with van der Waals surface area (Å²) >= 11 is 0. The zero-order valence-electron chi connectivity index (χ0n) is 15.0. The number of aryl methyl sites for hydroxylation is 2. The molecule has 1 saturated heterocycles. The number of ether oxygens (including phenoxy) is 1. The van der Waals surface area contributed by atoms with Gasteiger partial charge in [-0.05, 0) is 26.3 Å². The van der Waals surface area contributed by atoms with Gasteiger partial charge in [-0.15, -0.1) is 5.10 Å². The largest absolute Gasteiger partial charge is 0.370 e. The molecule has 2 atom stereocenters. The maximum absolute atomic E-state index is 12.7. The molecule has 9 heteroatoms. The molecule has 1 fully saturated rings. The first-order valence-corrected chi connectivity index (χ1v) is 8.86. The van der Waals surface area contributed by atoms with Gasteiger partial charge in [0.1, 0.15) is 0 Å². The van der Waals surface area contributed by atoms with E-state index in [1.165, 1.54) is 0 Å². The molecule has 0 saturated carbocycles. The molecule has 2 aromatic heterocycles. The third-order valence-electron chi connectivity index (χ3n) is 5.18. The van der Waals surface area contributed by atoms with Crippen LogP contribution in [0.2, 0.25) is 0 Å². The highest BCUT2D eigenvalue weighted by Gasteiger charge is 2.37. The molecule has 1 amide bonds. The van der Waals surface area contributed by atoms with E-state index in [0.717, 1.165) is 17.8 Å². The highest BCUT2D eigenvalue weighted by Crippen LogP contribution is 2.30. The van der Waals surface area contributed by atoms with Crippen LogP contribution in [0.3, 0.4) is 0 Å². The van der Waals surface area contributed by atoms with Crippen molar-refractivity contribution in [2.45, 2.75) is 52.0 Å². The van der Waals surface area contributed by atoms with Crippen molar-refractivity contribution in [2.75, 3.05) is 13.1 Å². The number of aromatic nitrogens is 5. The highest BCUT2D eigenvalue weighted by atomic mass is 16.5. The lowest BCUT2D eigenvalue weighted by molar-refractivity contribution is -0.138. The lowest BCUT2D eigenvalue weighted by atomic mass is 10.00. The summed E-state index contributed by atoms with van der Waals surface area (Å²) in [5.74, 6) is 0.0302. The van der Waals surface area contributed by atoms with Crippen LogP contribution in [0.1, 0.15) is 36.0 Å². The maximum atomic E-state index is 12.7. The quantitative estimate of drug-likeness (QED) is 0.779. The minimum absolute atomic E-state index is 0.00412. The zero-order chi connectivity index (χ0) is 18.3. The summed E-state index contributed by atoms with van der Waals surface area (Å²) in [6, 6.07) is 1.85. The fraction of sp³-hybridized carbons (Fsp3) is 0.588. The minimum atomic E-state index is -0.304. The van der Waals surface area contributed by atoms with Crippen molar-refractivity contribution in [1.29, 1.82) is 0 Å². The smallest absolute Gasteiger partial charge is 0.347 e. The Morgan fingerprint density at radius 2 is 2.23 bits per heavy atom. The van der Waals surface area contributed by atoms with E-state index in [0.29, 0.717) is 31.9 Å². The Morgan fingerprint density at radius 3 is 3.04 bits per heavy atom. The lowest BCUT2D eigenvalue weighted by Gasteiger charge is -2.41. The number of hydrogen-bond donors (Lipinski definition) is 0. The number of hydrogen-bond acceptors (Lipinski definition) is 6. The van der Waals surface area contributed by atoms with Gasteiger partial charge < -0.3 is 9.64 Å². The standard InChI is InChI=1S/C17H22N6O3/c1-11-7-12(2)22(17(25)19-11)6-4-16(24)21-5-3-15-14(9-21)23-13(10-26-15)8-18-20-23/h7-8,14-15H,3-6,9-10H2,1-2H3/t14-,15+/m0/s1. The van der Waals surface area contributed by atoms with Gasteiger partial charge >= 0.3 is 5.69 Å². The van der Waals surface area contributed by atoms with Crippen molar-refractivity contribution in [3.05, 3.63) is 39.8 Å². The molecule has 0 N–H and O–H groups in total. The fourth-order valence-corrected chi connectivity index (χ4v) is 3.82. The van der Waals surface area contributed by atoms with Gasteiger partial charge in [-0.1, -0.05) is 5.21 Å². The highest BCUT2D eigenvalue weighted by molar-refractivity contribution is 5.76. The van der Waals surface area contributed by atoms with Gasteiger partial charge in [0.15, 0.2) is 0 Å². The first kappa shape index (κ1) is 16.9. The van der Waals surface area contributed by atoms with E-state index in [9.17, 15) is 9.59 Å². The number of rotatable bonds is 3. The number of fused-ring (bicyclic) bond motifs is 3. The lowest BCUT2D eigenvalue weighted by Crippen LogP contribution is -2.50. The molecule has 0 unspecified atom stereocenters. The normalized spacial score (nSPS) is 22.0. The van der Waals surface area contributed by atoms with Crippen LogP contribution in [0.4, 0.5) is 0 Å². The molecule has 0 spiro atoms. The molecular weight excluding hydrogens is 336 g/mol. The van der Waals surface area contributed by atoms with Crippen LogP contribution in [0.15, 0.2) is 17.1 Å². The van der Waals surface area contributed by atoms with Gasteiger partial charge in [-0.3, -0.25) is 9.36 Å². The summed E-state index contributed by atoms with van der Waals surface area (Å²) in [6.07, 6.45) is 2.82. The van der Waals surface area contributed by atoms with Gasteiger partial charge in [-0.2, -0.15) is 4.98 Å². The van der Waals surface area contributed by atoms with Crippen molar-refractivity contribution in [2.24, 2.45) is 0 Å². The van der Waals surface area contributed by atoms with E-state index >= 15 is 0 Å². The SMILES string of the molecule is Cc1cc(C)n(CCC(=O)N2CC[C@H]3OCc4cnnn4[C@H]3C2)c(=O)n1. The van der Waals surface area contributed by atoms with E-state index in [4.69, 9.17) is 4.74 Å². The van der Waals surface area contributed by atoms with Gasteiger partial charge in [0.25, 0.3) is 0 Å². The summed E-state index contributed by atoms with van der Waals surface area (Å²) in [6.45, 7) is 5.72. The van der Waals surface area contributed by atoms with Gasteiger partial charge in [0.2, 0.25) is 5.91 Å². The van der Waals surface area contributed by atoms with Crippen molar-refractivity contribution < 1.29 is 9.53 Å². The molecule has 0 radical (unpaired) electrons. The van der Waals surface area contributed by atoms with Gasteiger partial charge in [0.05, 0.1) is 30.6 Å². The van der Waals surface area contributed by atoms with Crippen LogP contribution in [0, 0.1) is 13.8 Å². The molecule has 9 nitrogen and oxygen atoms in total. The average Bonchev–Trinajstić information content (AvgIpc) is 3.09. The van der Waals surface area contributed by atoms with E-state index in [1.54, 1.807) is 17.7 Å². The summed E-state index contributed by atoms with van der Waals surface area (Å²) in [7, 11) is 0. The van der Waals surface area contributed by atoms with Crippen molar-refractivity contribution in [3.63, 3.8) is 0 Å². The van der Waals surface area contributed by atoms with Crippen molar-refractivity contribution in [1.82, 2.24) is 29.4 Å². The van der Waals surface area contributed by atoms with Crippen molar-refractivity contribution >= 4 is 5.91 Å². The summed E-state index contributed by atoms with van der Waals surface area (Å²) < 4.78 is 9.31. The van der Waals surface area contributed by atoms with Crippen LogP contribution in [0.25, 0.3) is 0 Å². The Labute approximate surface area is 150 Å². The van der Waals surface area contributed by atoms with Gasteiger partial charge in [0, 0.05) is 37.4 Å². The van der Waals surface area contributed by atoms with Crippen LogP contribution < -0.4 is 5.69 Å². The van der Waals surface area contributed by atoms with E-state index in [2.05, 4.69) is 15.3 Å². The first-order valence-electron chi connectivity index (χ1n) is 8.86. The number of amides is 1. The Kier molecular flexibility index (Phi) is 4.31. The molecular formula is C17H22N6O3. The van der Waals surface area contributed by atoms with Crippen LogP contribution >= 0.6 is 0 Å². The third kappa shape index (κ3) is 3.03. The first-order chi connectivity index (χ1) is 12.5. The second-order valence-corrected chi connectivity index (χ2v) is 6.94. The third-order valence-corrected chi connectivity index (χ3v) is 5.18. The second kappa shape index (κ2) is 6.64. The van der Waals surface area contributed by atoms with Crippen molar-refractivity contribution in [3.8, 4) is 0 Å². The number of piperidine rings is 1. The van der Waals surface area contributed by atoms with E-state index in [-0.39, 0.29) is 30.2 Å². The number of nitrogens with zero attached hydrogens (tertiary/aromatic N) is 6. The molecule has 0 aliphatic carbocycles. The number of likely N-dealkylation sites (tertiary alicyclic amines) is 1. The van der Waals surface area contributed by atoms with Crippen LogP contribution in [-0.2, 0) is 22.7 Å². The van der Waals surface area contributed by atoms with Crippen LogP contribution in [-0.4, -0.2) is 54.5 Å². The number of carbonyl (C=O) groups excluding carboxylic acids is 1. The topological polar surface area (TPSA) is 95.1 Å². The van der Waals surface area contributed by atoms with E-state index < -0.39 is 0 Å². The monoisotopic (exact) mass is 358 g/mol. The number of carbonyl (C=O) groups is 1. The fourth-order valence-electron chi connectivity index (χ4n) is 3.82. The Hall–Kier alpha value is -2.55. The molecule has 4 heterocycles. The molecule has 4 rings (SSSR count). The molecule has 0 aromatic carbocycles. The van der Waals surface area contributed by atoms with Gasteiger partial charge in [-0.25, -0.2) is 9.48 Å². The Bertz CT molecular complexity index is 889. The molecule has 138 valence electrons. The molecule has 2 aromatic rings. The zero-order valence-corrected chi connectivity index (χ0v) is 15.0. The predicted octanol–water partition coefficient (Wildman–Crippen LogP) is 0.214. The summed E-state index contributed by atoms with van der Waals surface area (Å²) in [5, 5.41) is 8.11.